The number of halogens is 1. The van der Waals surface area contributed by atoms with Crippen molar-refractivity contribution in [2.45, 2.75) is 39.3 Å². The molecule has 2 heterocycles. The van der Waals surface area contributed by atoms with Gasteiger partial charge in [-0.1, -0.05) is 23.7 Å². The molecule has 0 bridgehead atoms. The van der Waals surface area contributed by atoms with Crippen molar-refractivity contribution in [1.29, 1.82) is 0 Å². The second-order valence-corrected chi connectivity index (χ2v) is 7.65. The van der Waals surface area contributed by atoms with Gasteiger partial charge in [0, 0.05) is 25.7 Å². The molecule has 6 nitrogen and oxygen atoms in total. The molecule has 0 unspecified atom stereocenters. The fourth-order valence-electron chi connectivity index (χ4n) is 2.91. The van der Waals surface area contributed by atoms with E-state index in [-0.39, 0.29) is 12.1 Å². The van der Waals surface area contributed by atoms with Crippen molar-refractivity contribution in [3.63, 3.8) is 0 Å². The molecule has 3 rings (SSSR count). The third-order valence-corrected chi connectivity index (χ3v) is 4.32. The summed E-state index contributed by atoms with van der Waals surface area (Å²) in [4.78, 5) is 25.3. The molecule has 25 heavy (non-hydrogen) atoms. The Morgan fingerprint density at radius 1 is 1.20 bits per heavy atom. The number of aromatic nitrogens is 2. The number of para-hydroxylation sites is 2. The van der Waals surface area contributed by atoms with Gasteiger partial charge in [0.1, 0.15) is 5.60 Å². The van der Waals surface area contributed by atoms with Crippen molar-refractivity contribution in [3.05, 3.63) is 29.4 Å². The molecule has 0 saturated carbocycles. The van der Waals surface area contributed by atoms with E-state index in [0.717, 1.165) is 11.0 Å². The lowest BCUT2D eigenvalue weighted by Crippen LogP contribution is -2.55. The summed E-state index contributed by atoms with van der Waals surface area (Å²) in [6, 6.07) is 7.64. The summed E-state index contributed by atoms with van der Waals surface area (Å²) < 4.78 is 5.48. The van der Waals surface area contributed by atoms with Crippen LogP contribution in [0.2, 0.25) is 5.15 Å². The third kappa shape index (κ3) is 3.95. The molecule has 0 spiro atoms. The van der Waals surface area contributed by atoms with Crippen LogP contribution < -0.4 is 4.90 Å². The number of hydrogen-bond acceptors (Lipinski definition) is 5. The first kappa shape index (κ1) is 17.7. The van der Waals surface area contributed by atoms with E-state index < -0.39 is 5.60 Å². The van der Waals surface area contributed by atoms with Crippen molar-refractivity contribution in [3.8, 4) is 0 Å². The minimum absolute atomic E-state index is 0.00654. The van der Waals surface area contributed by atoms with Gasteiger partial charge in [-0.2, -0.15) is 0 Å². The van der Waals surface area contributed by atoms with E-state index in [4.69, 9.17) is 16.3 Å². The Bertz CT molecular complexity index is 790. The topological polar surface area (TPSA) is 58.6 Å². The molecule has 1 aromatic carbocycles. The fraction of sp³-hybridized carbons (Fsp3) is 0.500. The standard InChI is InChI=1S/C18H23ClN4O2/c1-12-11-22(9-10-23(12)17(24)25-18(2,3)4)16-15(19)20-13-7-5-6-8-14(13)21-16/h5-8,12H,9-11H2,1-4H3/t12-/m0/s1. The second-order valence-electron chi connectivity index (χ2n) is 7.30. The molecular formula is C18H23ClN4O2. The summed E-state index contributed by atoms with van der Waals surface area (Å²) in [7, 11) is 0. The van der Waals surface area contributed by atoms with Gasteiger partial charge < -0.3 is 14.5 Å². The van der Waals surface area contributed by atoms with Gasteiger partial charge in [0.15, 0.2) is 11.0 Å². The van der Waals surface area contributed by atoms with Gasteiger partial charge in [0.2, 0.25) is 0 Å². The highest BCUT2D eigenvalue weighted by Gasteiger charge is 2.32. The van der Waals surface area contributed by atoms with Crippen LogP contribution in [0.4, 0.5) is 10.6 Å². The molecule has 1 saturated heterocycles. The van der Waals surface area contributed by atoms with Crippen LogP contribution in [0.3, 0.4) is 0 Å². The largest absolute Gasteiger partial charge is 0.444 e. The van der Waals surface area contributed by atoms with Crippen molar-refractivity contribution < 1.29 is 9.53 Å². The van der Waals surface area contributed by atoms with Crippen LogP contribution in [-0.4, -0.2) is 52.2 Å². The third-order valence-electron chi connectivity index (χ3n) is 4.07. The van der Waals surface area contributed by atoms with Crippen LogP contribution >= 0.6 is 11.6 Å². The van der Waals surface area contributed by atoms with Crippen molar-refractivity contribution in [2.75, 3.05) is 24.5 Å². The summed E-state index contributed by atoms with van der Waals surface area (Å²) in [6.07, 6.45) is -0.282. The molecule has 1 amide bonds. The van der Waals surface area contributed by atoms with E-state index in [9.17, 15) is 4.79 Å². The molecule has 0 N–H and O–H groups in total. The molecule has 2 aromatic rings. The van der Waals surface area contributed by atoms with Gasteiger partial charge in [-0.3, -0.25) is 0 Å². The van der Waals surface area contributed by atoms with Crippen LogP contribution in [-0.2, 0) is 4.74 Å². The summed E-state index contributed by atoms with van der Waals surface area (Å²) in [5.74, 6) is 0.663. The number of nitrogens with zero attached hydrogens (tertiary/aromatic N) is 4. The van der Waals surface area contributed by atoms with Gasteiger partial charge in [0.25, 0.3) is 0 Å². The van der Waals surface area contributed by atoms with Crippen LogP contribution in [0.1, 0.15) is 27.7 Å². The number of carbonyl (C=O) groups excluding carboxylic acids is 1. The molecular weight excluding hydrogens is 340 g/mol. The maximum Gasteiger partial charge on any atom is 0.410 e. The summed E-state index contributed by atoms with van der Waals surface area (Å²) in [5, 5.41) is 0.386. The summed E-state index contributed by atoms with van der Waals surface area (Å²) in [5.41, 5.74) is 1.09. The summed E-state index contributed by atoms with van der Waals surface area (Å²) >= 11 is 6.35. The number of piperazine rings is 1. The Morgan fingerprint density at radius 2 is 1.84 bits per heavy atom. The van der Waals surface area contributed by atoms with Gasteiger partial charge in [-0.25, -0.2) is 14.8 Å². The Morgan fingerprint density at radius 3 is 2.44 bits per heavy atom. The van der Waals surface area contributed by atoms with Crippen LogP contribution in [0.25, 0.3) is 11.0 Å². The molecule has 0 aliphatic carbocycles. The molecule has 7 heteroatoms. The number of ether oxygens (including phenoxy) is 1. The highest BCUT2D eigenvalue weighted by molar-refractivity contribution is 6.32. The first-order valence-corrected chi connectivity index (χ1v) is 8.79. The molecule has 1 atom stereocenters. The Labute approximate surface area is 152 Å². The number of rotatable bonds is 1. The highest BCUT2D eigenvalue weighted by Crippen LogP contribution is 2.27. The maximum absolute atomic E-state index is 12.3. The Balaban J connectivity index is 1.77. The van der Waals surface area contributed by atoms with Crippen LogP contribution in [0.5, 0.6) is 0 Å². The van der Waals surface area contributed by atoms with E-state index in [1.54, 1.807) is 4.90 Å². The van der Waals surface area contributed by atoms with Crippen LogP contribution in [0, 0.1) is 0 Å². The Hall–Kier alpha value is -2.08. The fourth-order valence-corrected chi connectivity index (χ4v) is 3.17. The highest BCUT2D eigenvalue weighted by atomic mass is 35.5. The first-order valence-electron chi connectivity index (χ1n) is 8.41. The molecule has 134 valence electrons. The van der Waals surface area contributed by atoms with E-state index >= 15 is 0 Å². The quantitative estimate of drug-likeness (QED) is 0.773. The predicted octanol–water partition coefficient (Wildman–Crippen LogP) is 3.73. The number of carbonyl (C=O) groups is 1. The second kappa shape index (κ2) is 6.67. The first-order chi connectivity index (χ1) is 11.7. The van der Waals surface area contributed by atoms with Gasteiger partial charge >= 0.3 is 6.09 Å². The number of fused-ring (bicyclic) bond motifs is 1. The van der Waals surface area contributed by atoms with Crippen molar-refractivity contribution >= 4 is 34.5 Å². The number of amides is 1. The zero-order chi connectivity index (χ0) is 18.2. The van der Waals surface area contributed by atoms with E-state index in [2.05, 4.69) is 14.9 Å². The van der Waals surface area contributed by atoms with Crippen LogP contribution in [0.15, 0.2) is 24.3 Å². The minimum Gasteiger partial charge on any atom is -0.444 e. The molecule has 1 aromatic heterocycles. The Kier molecular flexibility index (Phi) is 4.73. The number of anilines is 1. The molecule has 0 radical (unpaired) electrons. The lowest BCUT2D eigenvalue weighted by molar-refractivity contribution is 0.0158. The molecule has 1 aliphatic rings. The SMILES string of the molecule is C[C@H]1CN(c2nc3ccccc3nc2Cl)CCN1C(=O)OC(C)(C)C. The molecule has 1 aliphatic heterocycles. The van der Waals surface area contributed by atoms with Gasteiger partial charge in [0.05, 0.1) is 11.0 Å². The molecule has 1 fully saturated rings. The smallest absolute Gasteiger partial charge is 0.410 e. The number of hydrogen-bond donors (Lipinski definition) is 0. The average molecular weight is 363 g/mol. The number of benzene rings is 1. The monoisotopic (exact) mass is 362 g/mol. The zero-order valence-corrected chi connectivity index (χ0v) is 15.7. The predicted molar refractivity (Wildman–Crippen MR) is 99.2 cm³/mol. The minimum atomic E-state index is -0.499. The van der Waals surface area contributed by atoms with Gasteiger partial charge in [-0.15, -0.1) is 0 Å². The van der Waals surface area contributed by atoms with E-state index in [1.165, 1.54) is 0 Å². The van der Waals surface area contributed by atoms with Crippen molar-refractivity contribution in [1.82, 2.24) is 14.9 Å². The average Bonchev–Trinajstić information content (AvgIpc) is 2.52. The van der Waals surface area contributed by atoms with E-state index in [1.807, 2.05) is 52.0 Å². The maximum atomic E-state index is 12.3. The summed E-state index contributed by atoms with van der Waals surface area (Å²) in [6.45, 7) is 9.43. The zero-order valence-electron chi connectivity index (χ0n) is 15.0. The van der Waals surface area contributed by atoms with Gasteiger partial charge in [-0.05, 0) is 39.8 Å². The lowest BCUT2D eigenvalue weighted by Gasteiger charge is -2.40. The normalized spacial score (nSPS) is 18.5. The lowest BCUT2D eigenvalue weighted by atomic mass is 10.2. The van der Waals surface area contributed by atoms with Crippen molar-refractivity contribution in [2.24, 2.45) is 0 Å². The van der Waals surface area contributed by atoms with E-state index in [0.29, 0.717) is 30.6 Å².